The smallest absolute Gasteiger partial charge is 0.149 e. The molecular weight excluding hydrogens is 180 g/mol. The molecule has 0 aromatic carbocycles. The van der Waals surface area contributed by atoms with E-state index in [9.17, 15) is 4.79 Å². The van der Waals surface area contributed by atoms with E-state index in [1.165, 1.54) is 6.42 Å². The van der Waals surface area contributed by atoms with Gasteiger partial charge in [-0.3, -0.25) is 4.79 Å². The first-order valence-corrected chi connectivity index (χ1v) is 4.38. The van der Waals surface area contributed by atoms with Crippen LogP contribution in [0.25, 0.3) is 0 Å². The molecule has 0 spiro atoms. The van der Waals surface area contributed by atoms with Crippen LogP contribution in [0.2, 0.25) is 0 Å². The lowest BCUT2D eigenvalue weighted by Gasteiger charge is -2.12. The van der Waals surface area contributed by atoms with Crippen molar-refractivity contribution in [2.24, 2.45) is 11.8 Å². The van der Waals surface area contributed by atoms with Crippen LogP contribution in [0.15, 0.2) is 0 Å². The number of rotatable bonds is 0. The van der Waals surface area contributed by atoms with Crippen LogP contribution in [0.1, 0.15) is 19.3 Å². The molecule has 0 saturated heterocycles. The van der Waals surface area contributed by atoms with E-state index in [1.807, 2.05) is 0 Å². The summed E-state index contributed by atoms with van der Waals surface area (Å²) in [5, 5.41) is 0. The zero-order chi connectivity index (χ0) is 6.43. The molecule has 2 saturated carbocycles. The Morgan fingerprint density at radius 1 is 1.44 bits per heavy atom. The van der Waals surface area contributed by atoms with Gasteiger partial charge in [-0.05, 0) is 25.2 Å². The summed E-state index contributed by atoms with van der Waals surface area (Å²) in [6.45, 7) is 0. The molecule has 0 radical (unpaired) electrons. The Morgan fingerprint density at radius 2 is 2.22 bits per heavy atom. The predicted octanol–water partition coefficient (Wildman–Crippen LogP) is 1.75. The van der Waals surface area contributed by atoms with E-state index < -0.39 is 0 Å². The maximum Gasteiger partial charge on any atom is 0.149 e. The van der Waals surface area contributed by atoms with Gasteiger partial charge in [-0.1, -0.05) is 15.9 Å². The van der Waals surface area contributed by atoms with Crippen LogP contribution in [0.4, 0.5) is 0 Å². The van der Waals surface area contributed by atoms with Crippen molar-refractivity contribution in [3.8, 4) is 0 Å². The summed E-state index contributed by atoms with van der Waals surface area (Å²) < 4.78 is 0. The highest BCUT2D eigenvalue weighted by Crippen LogP contribution is 2.45. The predicted molar refractivity (Wildman–Crippen MR) is 38.6 cm³/mol. The van der Waals surface area contributed by atoms with E-state index >= 15 is 0 Å². The molecule has 0 aromatic heterocycles. The molecule has 1 nitrogen and oxygen atoms in total. The van der Waals surface area contributed by atoms with Crippen LogP contribution < -0.4 is 0 Å². The van der Waals surface area contributed by atoms with E-state index in [1.54, 1.807) is 0 Å². The van der Waals surface area contributed by atoms with Crippen LogP contribution in [-0.4, -0.2) is 10.6 Å². The Morgan fingerprint density at radius 3 is 2.56 bits per heavy atom. The highest BCUT2D eigenvalue weighted by molar-refractivity contribution is 9.10. The van der Waals surface area contributed by atoms with Gasteiger partial charge in [0.05, 0.1) is 4.83 Å². The van der Waals surface area contributed by atoms with Crippen molar-refractivity contribution >= 4 is 21.7 Å². The lowest BCUT2D eigenvalue weighted by molar-refractivity contribution is -0.121. The number of hydrogen-bond donors (Lipinski definition) is 0. The highest BCUT2D eigenvalue weighted by Gasteiger charge is 2.45. The standard InChI is InChI=1S/C7H9BrO/c8-6-4-1-2-5(3-4)7(6)9/h4-6H,1-3H2/t4?,5?,6-/m0/s1. The first kappa shape index (κ1) is 5.90. The highest BCUT2D eigenvalue weighted by atomic mass is 79.9. The average Bonchev–Trinajstić information content (AvgIpc) is 2.37. The largest absolute Gasteiger partial charge is 0.298 e. The molecule has 0 aromatic rings. The molecule has 2 aliphatic rings. The maximum atomic E-state index is 11.1. The molecule has 0 aliphatic heterocycles. The first-order chi connectivity index (χ1) is 4.29. The molecule has 3 atom stereocenters. The minimum Gasteiger partial charge on any atom is -0.298 e. The lowest BCUT2D eigenvalue weighted by Crippen LogP contribution is -2.21. The summed E-state index contributed by atoms with van der Waals surface area (Å²) in [4.78, 5) is 11.3. The molecule has 0 N–H and O–H groups in total. The molecular formula is C7H9BrO. The summed E-state index contributed by atoms with van der Waals surface area (Å²) in [5.41, 5.74) is 0. The third kappa shape index (κ3) is 0.689. The van der Waals surface area contributed by atoms with E-state index in [0.717, 1.165) is 12.8 Å². The van der Waals surface area contributed by atoms with Gasteiger partial charge in [-0.25, -0.2) is 0 Å². The van der Waals surface area contributed by atoms with Crippen molar-refractivity contribution in [1.29, 1.82) is 0 Å². The molecule has 9 heavy (non-hydrogen) atoms. The lowest BCUT2D eigenvalue weighted by atomic mass is 10.00. The Balaban J connectivity index is 2.25. The van der Waals surface area contributed by atoms with E-state index in [-0.39, 0.29) is 4.83 Å². The number of carbonyl (C=O) groups excluding carboxylic acids is 1. The van der Waals surface area contributed by atoms with E-state index in [0.29, 0.717) is 17.6 Å². The average molecular weight is 189 g/mol. The third-order valence-corrected chi connectivity index (χ3v) is 3.76. The Labute approximate surface area is 62.9 Å². The summed E-state index contributed by atoms with van der Waals surface area (Å²) in [6.07, 6.45) is 3.59. The van der Waals surface area contributed by atoms with Crippen molar-refractivity contribution < 1.29 is 4.79 Å². The van der Waals surface area contributed by atoms with Gasteiger partial charge in [-0.15, -0.1) is 0 Å². The van der Waals surface area contributed by atoms with Crippen molar-refractivity contribution in [2.75, 3.05) is 0 Å². The number of hydrogen-bond acceptors (Lipinski definition) is 1. The number of fused-ring (bicyclic) bond motifs is 2. The van der Waals surface area contributed by atoms with Gasteiger partial charge in [-0.2, -0.15) is 0 Å². The molecule has 0 amide bonds. The number of Topliss-reactive ketones (excluding diaryl/α,β-unsaturated/α-hetero) is 1. The Bertz CT molecular complexity index is 151. The van der Waals surface area contributed by atoms with Gasteiger partial charge < -0.3 is 0 Å². The van der Waals surface area contributed by atoms with Crippen LogP contribution in [0, 0.1) is 11.8 Å². The SMILES string of the molecule is O=C1C2CCC(C2)[C@@H]1Br. The molecule has 2 fully saturated rings. The second kappa shape index (κ2) is 1.82. The third-order valence-electron chi connectivity index (χ3n) is 2.56. The van der Waals surface area contributed by atoms with Crippen molar-refractivity contribution in [1.82, 2.24) is 0 Å². The number of halogens is 1. The zero-order valence-electron chi connectivity index (χ0n) is 5.14. The summed E-state index contributed by atoms with van der Waals surface area (Å²) >= 11 is 3.41. The van der Waals surface area contributed by atoms with Crippen LogP contribution in [-0.2, 0) is 4.79 Å². The van der Waals surface area contributed by atoms with E-state index in [2.05, 4.69) is 15.9 Å². The van der Waals surface area contributed by atoms with Crippen LogP contribution >= 0.6 is 15.9 Å². The van der Waals surface area contributed by atoms with Crippen molar-refractivity contribution in [2.45, 2.75) is 24.1 Å². The Kier molecular flexibility index (Phi) is 1.19. The number of carbonyl (C=O) groups is 1. The Hall–Kier alpha value is 0.150. The van der Waals surface area contributed by atoms with Crippen LogP contribution in [0.3, 0.4) is 0 Å². The number of alkyl halides is 1. The maximum absolute atomic E-state index is 11.1. The molecule has 0 heterocycles. The first-order valence-electron chi connectivity index (χ1n) is 3.47. The molecule has 2 unspecified atom stereocenters. The van der Waals surface area contributed by atoms with Gasteiger partial charge in [0, 0.05) is 5.92 Å². The normalized spacial score (nSPS) is 48.6. The van der Waals surface area contributed by atoms with Crippen molar-refractivity contribution in [3.05, 3.63) is 0 Å². The molecule has 2 aliphatic carbocycles. The summed E-state index contributed by atoms with van der Waals surface area (Å²) in [7, 11) is 0. The number of ketones is 1. The molecule has 2 bridgehead atoms. The second-order valence-electron chi connectivity index (χ2n) is 3.07. The fourth-order valence-corrected chi connectivity index (χ4v) is 2.85. The molecule has 2 heteroatoms. The molecule has 2 rings (SSSR count). The van der Waals surface area contributed by atoms with Gasteiger partial charge in [0.25, 0.3) is 0 Å². The molecule has 50 valence electrons. The zero-order valence-corrected chi connectivity index (χ0v) is 6.73. The fourth-order valence-electron chi connectivity index (χ4n) is 2.00. The topological polar surface area (TPSA) is 17.1 Å². The van der Waals surface area contributed by atoms with Crippen LogP contribution in [0.5, 0.6) is 0 Å². The quantitative estimate of drug-likeness (QED) is 0.530. The van der Waals surface area contributed by atoms with Gasteiger partial charge in [0.1, 0.15) is 5.78 Å². The van der Waals surface area contributed by atoms with Gasteiger partial charge in [0.2, 0.25) is 0 Å². The summed E-state index contributed by atoms with van der Waals surface area (Å²) in [6, 6.07) is 0. The summed E-state index contributed by atoms with van der Waals surface area (Å²) in [5.74, 6) is 1.58. The van der Waals surface area contributed by atoms with Gasteiger partial charge in [0.15, 0.2) is 0 Å². The van der Waals surface area contributed by atoms with Crippen molar-refractivity contribution in [3.63, 3.8) is 0 Å². The van der Waals surface area contributed by atoms with E-state index in [4.69, 9.17) is 0 Å². The second-order valence-corrected chi connectivity index (χ2v) is 4.06. The fraction of sp³-hybridized carbons (Fsp3) is 0.857. The minimum absolute atomic E-state index is 0.219. The monoisotopic (exact) mass is 188 g/mol. The minimum atomic E-state index is 0.219. The van der Waals surface area contributed by atoms with Gasteiger partial charge >= 0.3 is 0 Å².